The van der Waals surface area contributed by atoms with Crippen molar-refractivity contribution >= 4 is 5.84 Å². The summed E-state index contributed by atoms with van der Waals surface area (Å²) >= 11 is 0. The Morgan fingerprint density at radius 2 is 2.43 bits per heavy atom. The molecular formula is C9H20N4O. The van der Waals surface area contributed by atoms with E-state index in [0.29, 0.717) is 12.6 Å². The Balaban J connectivity index is 2.39. The highest BCUT2D eigenvalue weighted by molar-refractivity contribution is 5.81. The Labute approximate surface area is 85.2 Å². The van der Waals surface area contributed by atoms with Crippen LogP contribution in [-0.2, 0) is 0 Å². The fraction of sp³-hybridized carbons (Fsp3) is 0.889. The molecule has 1 rings (SSSR count). The average Bonchev–Trinajstić information content (AvgIpc) is 2.17. The van der Waals surface area contributed by atoms with E-state index in [4.69, 9.17) is 10.9 Å². The van der Waals surface area contributed by atoms with Crippen LogP contribution in [0.2, 0.25) is 0 Å². The van der Waals surface area contributed by atoms with Gasteiger partial charge in [0, 0.05) is 12.6 Å². The number of rotatable bonds is 3. The first-order chi connectivity index (χ1) is 6.63. The van der Waals surface area contributed by atoms with Gasteiger partial charge in [-0.1, -0.05) is 5.16 Å². The topological polar surface area (TPSA) is 65.1 Å². The number of piperidine rings is 1. The molecule has 0 saturated carbocycles. The predicted octanol–water partition coefficient (Wildman–Crippen LogP) is -0.241. The summed E-state index contributed by atoms with van der Waals surface area (Å²) in [4.78, 5) is 4.46. The van der Waals surface area contributed by atoms with Gasteiger partial charge in [0.15, 0.2) is 5.84 Å². The van der Waals surface area contributed by atoms with Gasteiger partial charge in [-0.15, -0.1) is 0 Å². The number of likely N-dealkylation sites (tertiary alicyclic amines) is 1. The molecule has 1 aliphatic heterocycles. The summed E-state index contributed by atoms with van der Waals surface area (Å²) in [7, 11) is 4.14. The molecule has 1 fully saturated rings. The molecule has 14 heavy (non-hydrogen) atoms. The molecule has 5 heteroatoms. The molecule has 0 spiro atoms. The van der Waals surface area contributed by atoms with E-state index in [1.807, 2.05) is 7.05 Å². The molecule has 0 aliphatic carbocycles. The zero-order valence-corrected chi connectivity index (χ0v) is 8.98. The minimum absolute atomic E-state index is 0.278. The largest absolute Gasteiger partial charge is 0.409 e. The standard InChI is InChI=1S/C9H20N4O/c1-12-5-3-4-8(6-12)13(2)7-9(10)11-14/h8,14H,3-7H2,1-2H3,(H2,10,11). The third-order valence-electron chi connectivity index (χ3n) is 2.76. The molecule has 1 unspecified atom stereocenters. The van der Waals surface area contributed by atoms with Crippen LogP contribution in [0.25, 0.3) is 0 Å². The van der Waals surface area contributed by atoms with E-state index in [1.165, 1.54) is 19.4 Å². The van der Waals surface area contributed by atoms with Crippen molar-refractivity contribution in [2.24, 2.45) is 10.9 Å². The van der Waals surface area contributed by atoms with Gasteiger partial charge < -0.3 is 15.8 Å². The summed E-state index contributed by atoms with van der Waals surface area (Å²) in [5.74, 6) is 0.278. The van der Waals surface area contributed by atoms with Gasteiger partial charge in [-0.3, -0.25) is 4.90 Å². The normalized spacial score (nSPS) is 25.6. The number of oxime groups is 1. The quantitative estimate of drug-likeness (QED) is 0.285. The molecule has 0 aromatic rings. The first kappa shape index (κ1) is 11.3. The van der Waals surface area contributed by atoms with E-state index < -0.39 is 0 Å². The van der Waals surface area contributed by atoms with Crippen LogP contribution < -0.4 is 5.73 Å². The summed E-state index contributed by atoms with van der Waals surface area (Å²) in [5.41, 5.74) is 5.46. The van der Waals surface area contributed by atoms with Crippen LogP contribution in [0.5, 0.6) is 0 Å². The lowest BCUT2D eigenvalue weighted by Crippen LogP contribution is -2.47. The van der Waals surface area contributed by atoms with Crippen LogP contribution in [0, 0.1) is 0 Å². The number of hydrogen-bond donors (Lipinski definition) is 2. The molecule has 1 heterocycles. The molecular weight excluding hydrogens is 180 g/mol. The summed E-state index contributed by atoms with van der Waals surface area (Å²) in [5, 5.41) is 11.4. The molecule has 0 bridgehead atoms. The van der Waals surface area contributed by atoms with Crippen molar-refractivity contribution < 1.29 is 5.21 Å². The molecule has 0 aromatic carbocycles. The molecule has 1 aliphatic rings. The molecule has 5 nitrogen and oxygen atoms in total. The second kappa shape index (κ2) is 5.17. The Hall–Kier alpha value is -0.810. The fourth-order valence-electron chi connectivity index (χ4n) is 1.92. The van der Waals surface area contributed by atoms with Crippen molar-refractivity contribution in [3.8, 4) is 0 Å². The minimum atomic E-state index is 0.278. The molecule has 0 radical (unpaired) electrons. The van der Waals surface area contributed by atoms with E-state index in [9.17, 15) is 0 Å². The maximum absolute atomic E-state index is 8.46. The molecule has 1 saturated heterocycles. The van der Waals surface area contributed by atoms with Gasteiger partial charge in [0.25, 0.3) is 0 Å². The van der Waals surface area contributed by atoms with E-state index in [1.54, 1.807) is 0 Å². The highest BCUT2D eigenvalue weighted by Gasteiger charge is 2.21. The van der Waals surface area contributed by atoms with Crippen LogP contribution in [0.3, 0.4) is 0 Å². The number of likely N-dealkylation sites (N-methyl/N-ethyl adjacent to an activating group) is 2. The Morgan fingerprint density at radius 3 is 3.00 bits per heavy atom. The summed E-state index contributed by atoms with van der Waals surface area (Å²) in [6, 6.07) is 0.522. The lowest BCUT2D eigenvalue weighted by Gasteiger charge is -2.35. The van der Waals surface area contributed by atoms with Gasteiger partial charge >= 0.3 is 0 Å². The third-order valence-corrected chi connectivity index (χ3v) is 2.76. The Kier molecular flexibility index (Phi) is 4.16. The van der Waals surface area contributed by atoms with Gasteiger partial charge in [-0.05, 0) is 33.5 Å². The second-order valence-corrected chi connectivity index (χ2v) is 4.06. The van der Waals surface area contributed by atoms with Gasteiger partial charge in [0.2, 0.25) is 0 Å². The molecule has 1 atom stereocenters. The Morgan fingerprint density at radius 1 is 1.71 bits per heavy atom. The zero-order chi connectivity index (χ0) is 10.6. The van der Waals surface area contributed by atoms with Crippen molar-refractivity contribution in [1.82, 2.24) is 9.80 Å². The second-order valence-electron chi connectivity index (χ2n) is 4.06. The van der Waals surface area contributed by atoms with Crippen LogP contribution in [0.1, 0.15) is 12.8 Å². The summed E-state index contributed by atoms with van der Waals surface area (Å²) in [6.45, 7) is 2.78. The number of amidine groups is 1. The number of nitrogens with zero attached hydrogens (tertiary/aromatic N) is 3. The fourth-order valence-corrected chi connectivity index (χ4v) is 1.92. The number of nitrogens with two attached hydrogens (primary N) is 1. The lowest BCUT2D eigenvalue weighted by atomic mass is 10.1. The molecule has 0 aromatic heterocycles. The van der Waals surface area contributed by atoms with Crippen molar-refractivity contribution in [2.75, 3.05) is 33.7 Å². The maximum atomic E-state index is 8.46. The third kappa shape index (κ3) is 3.16. The van der Waals surface area contributed by atoms with Gasteiger partial charge in [0.05, 0.1) is 6.54 Å². The lowest BCUT2D eigenvalue weighted by molar-refractivity contribution is 0.146. The highest BCUT2D eigenvalue weighted by Crippen LogP contribution is 2.12. The molecule has 0 amide bonds. The molecule has 82 valence electrons. The van der Waals surface area contributed by atoms with E-state index in [-0.39, 0.29) is 5.84 Å². The SMILES string of the molecule is CN1CCCC(N(C)CC(N)=NO)C1. The maximum Gasteiger partial charge on any atom is 0.153 e. The first-order valence-electron chi connectivity index (χ1n) is 4.98. The Bertz CT molecular complexity index is 207. The van der Waals surface area contributed by atoms with Gasteiger partial charge in [-0.25, -0.2) is 0 Å². The van der Waals surface area contributed by atoms with Gasteiger partial charge in [-0.2, -0.15) is 0 Å². The zero-order valence-electron chi connectivity index (χ0n) is 8.98. The minimum Gasteiger partial charge on any atom is -0.409 e. The summed E-state index contributed by atoms with van der Waals surface area (Å²) in [6.07, 6.45) is 2.42. The van der Waals surface area contributed by atoms with Crippen LogP contribution in [0.4, 0.5) is 0 Å². The van der Waals surface area contributed by atoms with Crippen LogP contribution >= 0.6 is 0 Å². The van der Waals surface area contributed by atoms with Crippen molar-refractivity contribution in [3.05, 3.63) is 0 Å². The van der Waals surface area contributed by atoms with Crippen LogP contribution in [-0.4, -0.2) is 60.6 Å². The van der Waals surface area contributed by atoms with Gasteiger partial charge in [0.1, 0.15) is 0 Å². The molecule has 3 N–H and O–H groups in total. The summed E-state index contributed by atoms with van der Waals surface area (Å²) < 4.78 is 0. The first-order valence-corrected chi connectivity index (χ1v) is 4.98. The van der Waals surface area contributed by atoms with E-state index >= 15 is 0 Å². The smallest absolute Gasteiger partial charge is 0.153 e. The van der Waals surface area contributed by atoms with Crippen molar-refractivity contribution in [1.29, 1.82) is 0 Å². The monoisotopic (exact) mass is 200 g/mol. The van der Waals surface area contributed by atoms with E-state index in [0.717, 1.165) is 6.54 Å². The predicted molar refractivity (Wildman–Crippen MR) is 56.6 cm³/mol. The highest BCUT2D eigenvalue weighted by atomic mass is 16.4. The van der Waals surface area contributed by atoms with Crippen molar-refractivity contribution in [3.63, 3.8) is 0 Å². The van der Waals surface area contributed by atoms with Crippen molar-refractivity contribution in [2.45, 2.75) is 18.9 Å². The number of hydrogen-bond acceptors (Lipinski definition) is 4. The average molecular weight is 200 g/mol. The van der Waals surface area contributed by atoms with Crippen LogP contribution in [0.15, 0.2) is 5.16 Å². The van der Waals surface area contributed by atoms with E-state index in [2.05, 4.69) is 22.0 Å².